The molecule has 5 heteroatoms. The number of carboxylic acids is 1. The molecule has 1 fully saturated rings. The van der Waals surface area contributed by atoms with Crippen LogP contribution < -0.4 is 4.90 Å². The molecule has 1 saturated carbocycles. The molecule has 0 aromatic carbocycles. The first-order valence-electron chi connectivity index (χ1n) is 7.11. The van der Waals surface area contributed by atoms with Crippen molar-refractivity contribution in [2.24, 2.45) is 13.0 Å². The molecule has 0 unspecified atom stereocenters. The molecule has 1 aromatic rings. The van der Waals surface area contributed by atoms with Gasteiger partial charge in [-0.05, 0) is 45.6 Å². The van der Waals surface area contributed by atoms with Gasteiger partial charge in [-0.3, -0.25) is 4.68 Å². The number of anilines is 1. The van der Waals surface area contributed by atoms with E-state index in [1.807, 2.05) is 18.7 Å². The Morgan fingerprint density at radius 1 is 1.55 bits per heavy atom. The molecular weight excluding hydrogens is 254 g/mol. The number of aliphatic carboxylic acids is 1. The summed E-state index contributed by atoms with van der Waals surface area (Å²) >= 11 is 0. The van der Waals surface area contributed by atoms with Gasteiger partial charge in [0.15, 0.2) is 0 Å². The summed E-state index contributed by atoms with van der Waals surface area (Å²) in [6.45, 7) is 7.26. The van der Waals surface area contributed by atoms with Crippen LogP contribution in [0.5, 0.6) is 0 Å². The van der Waals surface area contributed by atoms with E-state index in [-0.39, 0.29) is 0 Å². The van der Waals surface area contributed by atoms with Gasteiger partial charge in [-0.2, -0.15) is 5.10 Å². The molecule has 0 bridgehead atoms. The van der Waals surface area contributed by atoms with E-state index in [0.717, 1.165) is 29.5 Å². The smallest absolute Gasteiger partial charge is 0.328 e. The van der Waals surface area contributed by atoms with E-state index in [0.29, 0.717) is 6.04 Å². The second-order valence-corrected chi connectivity index (χ2v) is 5.81. The van der Waals surface area contributed by atoms with Crippen LogP contribution in [0.3, 0.4) is 0 Å². The quantitative estimate of drug-likeness (QED) is 0.811. The summed E-state index contributed by atoms with van der Waals surface area (Å²) in [5.41, 5.74) is 1.77. The Morgan fingerprint density at radius 3 is 2.70 bits per heavy atom. The van der Waals surface area contributed by atoms with E-state index in [9.17, 15) is 4.79 Å². The first-order chi connectivity index (χ1) is 9.40. The minimum Gasteiger partial charge on any atom is -0.478 e. The lowest BCUT2D eigenvalue weighted by molar-refractivity contribution is -0.131. The van der Waals surface area contributed by atoms with Gasteiger partial charge in [-0.1, -0.05) is 0 Å². The second kappa shape index (κ2) is 5.69. The maximum atomic E-state index is 10.8. The Hall–Kier alpha value is -1.78. The van der Waals surface area contributed by atoms with E-state index in [1.54, 1.807) is 6.08 Å². The fourth-order valence-electron chi connectivity index (χ4n) is 2.47. The maximum absolute atomic E-state index is 10.8. The van der Waals surface area contributed by atoms with Gasteiger partial charge in [0.05, 0.1) is 5.69 Å². The number of rotatable bonds is 6. The van der Waals surface area contributed by atoms with Gasteiger partial charge in [-0.25, -0.2) is 4.79 Å². The maximum Gasteiger partial charge on any atom is 0.328 e. The third kappa shape index (κ3) is 3.21. The average molecular weight is 277 g/mol. The Balaban J connectivity index is 2.38. The first-order valence-corrected chi connectivity index (χ1v) is 7.11. The summed E-state index contributed by atoms with van der Waals surface area (Å²) in [6.07, 6.45) is 5.42. The highest BCUT2D eigenvalue weighted by Gasteiger charge is 2.28. The molecule has 110 valence electrons. The summed E-state index contributed by atoms with van der Waals surface area (Å²) in [6, 6.07) is 0.363. The van der Waals surface area contributed by atoms with E-state index in [2.05, 4.69) is 23.8 Å². The number of carboxylic acid groups (broad SMARTS) is 1. The van der Waals surface area contributed by atoms with Crippen molar-refractivity contribution in [2.45, 2.75) is 39.7 Å². The second-order valence-electron chi connectivity index (χ2n) is 5.81. The summed E-state index contributed by atoms with van der Waals surface area (Å²) < 4.78 is 1.86. The summed E-state index contributed by atoms with van der Waals surface area (Å²) in [5.74, 6) is 0.850. The third-order valence-electron chi connectivity index (χ3n) is 3.68. The minimum atomic E-state index is -0.933. The van der Waals surface area contributed by atoms with E-state index >= 15 is 0 Å². The summed E-state index contributed by atoms with van der Waals surface area (Å²) in [4.78, 5) is 13.1. The lowest BCUT2D eigenvalue weighted by Crippen LogP contribution is -2.34. The number of nitrogens with zero attached hydrogens (tertiary/aromatic N) is 3. The molecule has 5 nitrogen and oxygen atoms in total. The SMILES string of the molecule is Cc1nn(C)c(N(CC2CC2)C(C)C)c1C=CC(=O)O. The van der Waals surface area contributed by atoms with Crippen molar-refractivity contribution >= 4 is 17.9 Å². The molecule has 0 saturated heterocycles. The Morgan fingerprint density at radius 2 is 2.20 bits per heavy atom. The lowest BCUT2D eigenvalue weighted by Gasteiger charge is -2.29. The molecule has 0 spiro atoms. The Labute approximate surface area is 119 Å². The Kier molecular flexibility index (Phi) is 4.16. The molecular formula is C15H23N3O2. The summed E-state index contributed by atoms with van der Waals surface area (Å²) in [5, 5.41) is 13.3. The molecule has 0 atom stereocenters. The summed E-state index contributed by atoms with van der Waals surface area (Å²) in [7, 11) is 1.92. The van der Waals surface area contributed by atoms with Crippen LogP contribution in [-0.4, -0.2) is 33.4 Å². The highest BCUT2D eigenvalue weighted by Crippen LogP contribution is 2.34. The van der Waals surface area contributed by atoms with Crippen LogP contribution in [0.15, 0.2) is 6.08 Å². The standard InChI is InChI=1S/C15H23N3O2/c1-10(2)18(9-12-5-6-12)15-13(7-8-14(19)20)11(3)16-17(15)4/h7-8,10,12H,5-6,9H2,1-4H3,(H,19,20). The normalized spacial score (nSPS) is 15.2. The fourth-order valence-corrected chi connectivity index (χ4v) is 2.47. The lowest BCUT2D eigenvalue weighted by atomic mass is 10.1. The van der Waals surface area contributed by atoms with Crippen LogP contribution in [0.25, 0.3) is 6.08 Å². The van der Waals surface area contributed by atoms with Crippen molar-refractivity contribution in [3.05, 3.63) is 17.3 Å². The fraction of sp³-hybridized carbons (Fsp3) is 0.600. The van der Waals surface area contributed by atoms with E-state index in [1.165, 1.54) is 18.9 Å². The molecule has 2 rings (SSSR count). The van der Waals surface area contributed by atoms with Crippen molar-refractivity contribution in [1.82, 2.24) is 9.78 Å². The van der Waals surface area contributed by atoms with E-state index in [4.69, 9.17) is 5.11 Å². The highest BCUT2D eigenvalue weighted by molar-refractivity contribution is 5.87. The number of aromatic nitrogens is 2. The van der Waals surface area contributed by atoms with Crippen LogP contribution in [0, 0.1) is 12.8 Å². The van der Waals surface area contributed by atoms with Crippen molar-refractivity contribution in [1.29, 1.82) is 0 Å². The molecule has 0 amide bonds. The van der Waals surface area contributed by atoms with Gasteiger partial charge < -0.3 is 10.0 Å². The third-order valence-corrected chi connectivity index (χ3v) is 3.68. The van der Waals surface area contributed by atoms with Crippen LogP contribution >= 0.6 is 0 Å². The highest BCUT2D eigenvalue weighted by atomic mass is 16.4. The van der Waals surface area contributed by atoms with Gasteiger partial charge in [-0.15, -0.1) is 0 Å². The number of hydrogen-bond donors (Lipinski definition) is 1. The Bertz CT molecular complexity index is 527. The number of aryl methyl sites for hydroxylation is 2. The van der Waals surface area contributed by atoms with Crippen LogP contribution in [0.1, 0.15) is 37.9 Å². The monoisotopic (exact) mass is 277 g/mol. The van der Waals surface area contributed by atoms with Gasteiger partial charge in [0.1, 0.15) is 5.82 Å². The largest absolute Gasteiger partial charge is 0.478 e. The van der Waals surface area contributed by atoms with Gasteiger partial charge in [0.25, 0.3) is 0 Å². The van der Waals surface area contributed by atoms with E-state index < -0.39 is 5.97 Å². The van der Waals surface area contributed by atoms with Gasteiger partial charge >= 0.3 is 5.97 Å². The molecule has 0 aliphatic heterocycles. The molecule has 20 heavy (non-hydrogen) atoms. The molecule has 1 N–H and O–H groups in total. The van der Waals surface area contributed by atoms with Crippen LogP contribution in [0.2, 0.25) is 0 Å². The number of carbonyl (C=O) groups is 1. The number of hydrogen-bond acceptors (Lipinski definition) is 3. The molecule has 1 aliphatic carbocycles. The molecule has 0 radical (unpaired) electrons. The zero-order valence-electron chi connectivity index (χ0n) is 12.6. The zero-order valence-corrected chi connectivity index (χ0v) is 12.6. The van der Waals surface area contributed by atoms with Crippen molar-refractivity contribution in [3.63, 3.8) is 0 Å². The van der Waals surface area contributed by atoms with Gasteiger partial charge in [0, 0.05) is 31.3 Å². The predicted octanol–water partition coefficient (Wildman–Crippen LogP) is 2.45. The first kappa shape index (κ1) is 14.6. The van der Waals surface area contributed by atoms with Crippen molar-refractivity contribution < 1.29 is 9.90 Å². The zero-order chi connectivity index (χ0) is 14.9. The molecule has 1 aliphatic rings. The van der Waals surface area contributed by atoms with Crippen molar-refractivity contribution in [3.8, 4) is 0 Å². The predicted molar refractivity (Wildman–Crippen MR) is 79.8 cm³/mol. The van der Waals surface area contributed by atoms with Crippen molar-refractivity contribution in [2.75, 3.05) is 11.4 Å². The van der Waals surface area contributed by atoms with Gasteiger partial charge in [0.2, 0.25) is 0 Å². The average Bonchev–Trinajstić information content (AvgIpc) is 3.10. The molecule has 1 aromatic heterocycles. The van der Waals surface area contributed by atoms with Crippen LogP contribution in [-0.2, 0) is 11.8 Å². The topological polar surface area (TPSA) is 58.4 Å². The molecule has 1 heterocycles. The minimum absolute atomic E-state index is 0.363. The van der Waals surface area contributed by atoms with Crippen LogP contribution in [0.4, 0.5) is 5.82 Å².